The van der Waals surface area contributed by atoms with Crippen LogP contribution in [0, 0.1) is 0 Å². The van der Waals surface area contributed by atoms with Crippen LogP contribution in [-0.2, 0) is 26.0 Å². The van der Waals surface area contributed by atoms with Crippen molar-refractivity contribution in [3.8, 4) is 0 Å². The lowest BCUT2D eigenvalue weighted by Crippen LogP contribution is -2.49. The summed E-state index contributed by atoms with van der Waals surface area (Å²) in [6, 6.07) is 18.1. The molecule has 0 saturated carbocycles. The monoisotopic (exact) mass is 473 g/mol. The largest absolute Gasteiger partial charge is 0.354 e. The summed E-state index contributed by atoms with van der Waals surface area (Å²) in [7, 11) is -3.48. The summed E-state index contributed by atoms with van der Waals surface area (Å²) in [5.74, 6) is -0.341. The zero-order valence-corrected chi connectivity index (χ0v) is 20.6. The molecule has 180 valence electrons. The number of anilines is 1. The molecule has 8 heteroatoms. The number of benzene rings is 2. The summed E-state index contributed by atoms with van der Waals surface area (Å²) in [6.07, 6.45) is 3.12. The van der Waals surface area contributed by atoms with Gasteiger partial charge < -0.3 is 10.2 Å². The van der Waals surface area contributed by atoms with Crippen LogP contribution in [0.2, 0.25) is 0 Å². The molecule has 0 saturated heterocycles. The van der Waals surface area contributed by atoms with Crippen molar-refractivity contribution in [2.45, 2.75) is 45.6 Å². The Morgan fingerprint density at radius 2 is 1.58 bits per heavy atom. The first-order valence-electron chi connectivity index (χ1n) is 11.4. The molecule has 0 fully saturated rings. The average Bonchev–Trinajstić information content (AvgIpc) is 2.80. The summed E-state index contributed by atoms with van der Waals surface area (Å²) in [4.78, 5) is 27.3. The minimum Gasteiger partial charge on any atom is -0.354 e. The molecule has 2 aromatic rings. The van der Waals surface area contributed by atoms with Gasteiger partial charge in [-0.15, -0.1) is 0 Å². The SMILES string of the molecule is CCCNC(=O)[C@H](C)N(CCc1ccccc1)C(=O)CCCN(c1ccccc1)S(C)(=O)=O. The molecule has 0 aromatic heterocycles. The van der Waals surface area contributed by atoms with Crippen molar-refractivity contribution in [3.05, 3.63) is 66.2 Å². The van der Waals surface area contributed by atoms with Crippen LogP contribution in [0.5, 0.6) is 0 Å². The smallest absolute Gasteiger partial charge is 0.242 e. The first kappa shape index (κ1) is 26.4. The van der Waals surface area contributed by atoms with Crippen molar-refractivity contribution in [3.63, 3.8) is 0 Å². The van der Waals surface area contributed by atoms with Crippen molar-refractivity contribution in [2.24, 2.45) is 0 Å². The third kappa shape index (κ3) is 8.53. The van der Waals surface area contributed by atoms with Crippen molar-refractivity contribution in [1.29, 1.82) is 0 Å². The highest BCUT2D eigenvalue weighted by Crippen LogP contribution is 2.18. The second-order valence-corrected chi connectivity index (χ2v) is 9.97. The van der Waals surface area contributed by atoms with Crippen molar-refractivity contribution in [1.82, 2.24) is 10.2 Å². The highest BCUT2D eigenvalue weighted by molar-refractivity contribution is 7.92. The summed E-state index contributed by atoms with van der Waals surface area (Å²) in [6.45, 7) is 4.88. The normalized spacial score (nSPS) is 12.1. The first-order valence-corrected chi connectivity index (χ1v) is 13.2. The molecule has 2 aromatic carbocycles. The summed E-state index contributed by atoms with van der Waals surface area (Å²) in [5, 5.41) is 2.86. The van der Waals surface area contributed by atoms with E-state index in [1.807, 2.05) is 43.3 Å². The van der Waals surface area contributed by atoms with Gasteiger partial charge in [0, 0.05) is 26.1 Å². The lowest BCUT2D eigenvalue weighted by molar-refractivity contribution is -0.139. The standard InChI is InChI=1S/C25H35N3O4S/c1-4-18-26-25(30)21(2)27(20-17-22-12-7-5-8-13-22)24(29)16-11-19-28(33(3,31)32)23-14-9-6-10-15-23/h5-10,12-15,21H,4,11,16-20H2,1-3H3,(H,26,30)/t21-/m0/s1. The van der Waals surface area contributed by atoms with E-state index in [2.05, 4.69) is 5.32 Å². The molecule has 7 nitrogen and oxygen atoms in total. The minimum absolute atomic E-state index is 0.152. The topological polar surface area (TPSA) is 86.8 Å². The quantitative estimate of drug-likeness (QED) is 0.484. The lowest BCUT2D eigenvalue weighted by Gasteiger charge is -2.29. The van der Waals surface area contributed by atoms with Gasteiger partial charge in [0.2, 0.25) is 21.8 Å². The van der Waals surface area contributed by atoms with Crippen LogP contribution in [0.1, 0.15) is 38.7 Å². The van der Waals surface area contributed by atoms with E-state index in [4.69, 9.17) is 0 Å². The Bertz CT molecular complexity index is 981. The molecular formula is C25H35N3O4S. The third-order valence-electron chi connectivity index (χ3n) is 5.40. The fraction of sp³-hybridized carbons (Fsp3) is 0.440. The fourth-order valence-electron chi connectivity index (χ4n) is 3.56. The van der Waals surface area contributed by atoms with Crippen LogP contribution in [0.25, 0.3) is 0 Å². The zero-order chi connectivity index (χ0) is 24.3. The van der Waals surface area contributed by atoms with Gasteiger partial charge in [-0.25, -0.2) is 8.42 Å². The Morgan fingerprint density at radius 1 is 0.970 bits per heavy atom. The molecule has 0 aliphatic rings. The molecule has 0 aliphatic carbocycles. The Balaban J connectivity index is 2.06. The Labute approximate surface area is 197 Å². The number of rotatable bonds is 13. The van der Waals surface area contributed by atoms with E-state index >= 15 is 0 Å². The number of nitrogens with one attached hydrogen (secondary N) is 1. The molecule has 33 heavy (non-hydrogen) atoms. The number of carbonyl (C=O) groups is 2. The number of hydrogen-bond donors (Lipinski definition) is 1. The van der Waals surface area contributed by atoms with Crippen LogP contribution >= 0.6 is 0 Å². The highest BCUT2D eigenvalue weighted by Gasteiger charge is 2.26. The summed E-state index contributed by atoms with van der Waals surface area (Å²) >= 11 is 0. The number of carbonyl (C=O) groups excluding carboxylic acids is 2. The molecule has 0 unspecified atom stereocenters. The maximum Gasteiger partial charge on any atom is 0.242 e. The van der Waals surface area contributed by atoms with E-state index in [-0.39, 0.29) is 24.8 Å². The third-order valence-corrected chi connectivity index (χ3v) is 6.59. The Kier molecular flexibility index (Phi) is 10.4. The van der Waals surface area contributed by atoms with E-state index in [0.29, 0.717) is 31.6 Å². The Morgan fingerprint density at radius 3 is 2.15 bits per heavy atom. The maximum atomic E-state index is 13.1. The molecule has 0 spiro atoms. The van der Waals surface area contributed by atoms with Crippen LogP contribution < -0.4 is 9.62 Å². The molecule has 2 rings (SSSR count). The van der Waals surface area contributed by atoms with Crippen molar-refractivity contribution >= 4 is 27.5 Å². The molecule has 0 radical (unpaired) electrons. The summed E-state index contributed by atoms with van der Waals surface area (Å²) < 4.78 is 25.9. The fourth-order valence-corrected chi connectivity index (χ4v) is 4.53. The van der Waals surface area contributed by atoms with E-state index in [9.17, 15) is 18.0 Å². The lowest BCUT2D eigenvalue weighted by atomic mass is 10.1. The van der Waals surface area contributed by atoms with Crippen LogP contribution in [0.3, 0.4) is 0 Å². The minimum atomic E-state index is -3.48. The van der Waals surface area contributed by atoms with Gasteiger partial charge in [-0.1, -0.05) is 55.5 Å². The van der Waals surface area contributed by atoms with Gasteiger partial charge >= 0.3 is 0 Å². The van der Waals surface area contributed by atoms with Crippen LogP contribution in [-0.4, -0.2) is 57.1 Å². The van der Waals surface area contributed by atoms with Gasteiger partial charge in [-0.05, 0) is 43.9 Å². The summed E-state index contributed by atoms with van der Waals surface area (Å²) in [5.41, 5.74) is 1.66. The Hall–Kier alpha value is -2.87. The first-order chi connectivity index (χ1) is 15.7. The molecule has 0 bridgehead atoms. The second kappa shape index (κ2) is 13.0. The van der Waals surface area contributed by atoms with Gasteiger partial charge in [-0.3, -0.25) is 13.9 Å². The zero-order valence-electron chi connectivity index (χ0n) is 19.7. The van der Waals surface area contributed by atoms with E-state index in [1.165, 1.54) is 4.31 Å². The predicted octanol–water partition coefficient (Wildman–Crippen LogP) is 3.22. The van der Waals surface area contributed by atoms with Crippen LogP contribution in [0.15, 0.2) is 60.7 Å². The maximum absolute atomic E-state index is 13.1. The molecule has 2 amide bonds. The number of hydrogen-bond acceptors (Lipinski definition) is 4. The number of para-hydroxylation sites is 1. The molecule has 1 atom stereocenters. The van der Waals surface area contributed by atoms with Crippen molar-refractivity contribution < 1.29 is 18.0 Å². The molecule has 0 heterocycles. The predicted molar refractivity (Wildman–Crippen MR) is 132 cm³/mol. The van der Waals surface area contributed by atoms with Crippen molar-refractivity contribution in [2.75, 3.05) is 30.2 Å². The molecular weight excluding hydrogens is 438 g/mol. The average molecular weight is 474 g/mol. The van der Waals surface area contributed by atoms with Crippen LogP contribution in [0.4, 0.5) is 5.69 Å². The number of nitrogens with zero attached hydrogens (tertiary/aromatic N) is 2. The molecule has 0 aliphatic heterocycles. The van der Waals surface area contributed by atoms with E-state index in [0.717, 1.165) is 18.2 Å². The highest BCUT2D eigenvalue weighted by atomic mass is 32.2. The van der Waals surface area contributed by atoms with Gasteiger partial charge in [0.15, 0.2) is 0 Å². The second-order valence-electron chi connectivity index (χ2n) is 8.06. The van der Waals surface area contributed by atoms with Gasteiger partial charge in [0.1, 0.15) is 6.04 Å². The van der Waals surface area contributed by atoms with E-state index in [1.54, 1.807) is 36.1 Å². The van der Waals surface area contributed by atoms with Gasteiger partial charge in [0.05, 0.1) is 11.9 Å². The number of amides is 2. The van der Waals surface area contributed by atoms with E-state index < -0.39 is 16.1 Å². The van der Waals surface area contributed by atoms with Gasteiger partial charge in [-0.2, -0.15) is 0 Å². The molecule has 1 N–H and O–H groups in total. The van der Waals surface area contributed by atoms with Gasteiger partial charge in [0.25, 0.3) is 0 Å². The number of sulfonamides is 1.